The zero-order valence-corrected chi connectivity index (χ0v) is 17.3. The standard InChI is InChI=1S/C22H13F6N3O4/c23-21(24,25)13-5-11(6-14(7-13)22(26,27)28)3-4-20(18(34)29-19(35)30-20)10-31-9-12-1-2-15(32)8-16(12)17(31)33/h1-2,5-8,32H,9-10H2,(H2,29,30,34,35)/t20-/m1/s1. The van der Waals surface area contributed by atoms with Gasteiger partial charge in [0.15, 0.2) is 0 Å². The Hall–Kier alpha value is -4.21. The van der Waals surface area contributed by atoms with Crippen LogP contribution in [-0.2, 0) is 23.7 Å². The predicted molar refractivity (Wildman–Crippen MR) is 106 cm³/mol. The van der Waals surface area contributed by atoms with E-state index in [9.17, 15) is 45.8 Å². The van der Waals surface area contributed by atoms with Crippen LogP contribution in [0.3, 0.4) is 0 Å². The highest BCUT2D eigenvalue weighted by Crippen LogP contribution is 2.36. The van der Waals surface area contributed by atoms with Crippen LogP contribution >= 0.6 is 0 Å². The van der Waals surface area contributed by atoms with Crippen molar-refractivity contribution in [2.75, 3.05) is 6.54 Å². The predicted octanol–water partition coefficient (Wildman–Crippen LogP) is 3.02. The summed E-state index contributed by atoms with van der Waals surface area (Å²) < 4.78 is 78.8. The number of fused-ring (bicyclic) bond motifs is 1. The first-order valence-corrected chi connectivity index (χ1v) is 9.75. The highest BCUT2D eigenvalue weighted by Gasteiger charge is 2.48. The van der Waals surface area contributed by atoms with Gasteiger partial charge in [-0.2, -0.15) is 26.3 Å². The quantitative estimate of drug-likeness (QED) is 0.338. The fourth-order valence-electron chi connectivity index (χ4n) is 3.70. The Morgan fingerprint density at radius 2 is 1.60 bits per heavy atom. The molecule has 0 aromatic heterocycles. The molecule has 2 aliphatic heterocycles. The third-order valence-electron chi connectivity index (χ3n) is 5.35. The SMILES string of the molecule is O=C1NC(=O)[C@@](C#Cc2cc(C(F)(F)F)cc(C(F)(F)F)c2)(CN2Cc3ccc(O)cc3C2=O)N1. The summed E-state index contributed by atoms with van der Waals surface area (Å²) >= 11 is 0. The molecular weight excluding hydrogens is 484 g/mol. The molecule has 2 aliphatic rings. The van der Waals surface area contributed by atoms with E-state index in [0.717, 1.165) is 4.90 Å². The number of phenols is 1. The lowest BCUT2D eigenvalue weighted by atomic mass is 9.98. The number of halogens is 6. The topological polar surface area (TPSA) is 98.7 Å². The molecule has 0 bridgehead atoms. The lowest BCUT2D eigenvalue weighted by Crippen LogP contribution is -2.54. The minimum atomic E-state index is -5.10. The number of rotatable bonds is 2. The number of phenolic OH excluding ortho intramolecular Hbond substituents is 1. The van der Waals surface area contributed by atoms with E-state index in [1.807, 2.05) is 5.32 Å². The van der Waals surface area contributed by atoms with Crippen molar-refractivity contribution < 1.29 is 45.8 Å². The third kappa shape index (κ3) is 4.59. The number of hydrogen-bond donors (Lipinski definition) is 3. The van der Waals surface area contributed by atoms with Gasteiger partial charge in [0.1, 0.15) is 5.75 Å². The second-order valence-electron chi connectivity index (χ2n) is 7.86. The molecule has 1 saturated heterocycles. The molecule has 1 atom stereocenters. The van der Waals surface area contributed by atoms with Crippen molar-refractivity contribution in [1.29, 1.82) is 0 Å². The Bertz CT molecular complexity index is 1290. The highest BCUT2D eigenvalue weighted by molar-refractivity contribution is 6.10. The zero-order valence-electron chi connectivity index (χ0n) is 17.3. The number of imide groups is 1. The summed E-state index contributed by atoms with van der Waals surface area (Å²) in [5, 5.41) is 13.7. The summed E-state index contributed by atoms with van der Waals surface area (Å²) in [7, 11) is 0. The van der Waals surface area contributed by atoms with E-state index in [1.165, 1.54) is 18.2 Å². The van der Waals surface area contributed by atoms with Gasteiger partial charge in [0.25, 0.3) is 11.8 Å². The van der Waals surface area contributed by atoms with Gasteiger partial charge in [-0.25, -0.2) is 4.79 Å². The lowest BCUT2D eigenvalue weighted by Gasteiger charge is -2.26. The second-order valence-corrected chi connectivity index (χ2v) is 7.86. The molecule has 4 rings (SSSR count). The van der Waals surface area contributed by atoms with Gasteiger partial charge in [-0.15, -0.1) is 0 Å². The fourth-order valence-corrected chi connectivity index (χ4v) is 3.70. The zero-order chi connectivity index (χ0) is 25.8. The van der Waals surface area contributed by atoms with Crippen molar-refractivity contribution in [3.63, 3.8) is 0 Å². The smallest absolute Gasteiger partial charge is 0.416 e. The van der Waals surface area contributed by atoms with E-state index in [0.29, 0.717) is 17.7 Å². The van der Waals surface area contributed by atoms with Gasteiger partial charge < -0.3 is 15.3 Å². The van der Waals surface area contributed by atoms with Crippen LogP contribution in [0.25, 0.3) is 0 Å². The molecule has 182 valence electrons. The van der Waals surface area contributed by atoms with E-state index in [-0.39, 0.29) is 23.9 Å². The molecule has 13 heteroatoms. The van der Waals surface area contributed by atoms with E-state index in [1.54, 1.807) is 0 Å². The Morgan fingerprint density at radius 3 is 2.14 bits per heavy atom. The third-order valence-corrected chi connectivity index (χ3v) is 5.35. The average Bonchev–Trinajstić information content (AvgIpc) is 3.20. The van der Waals surface area contributed by atoms with Gasteiger partial charge in [-0.05, 0) is 35.9 Å². The molecule has 0 spiro atoms. The normalized spacial score (nSPS) is 19.7. The number of hydrogen-bond acceptors (Lipinski definition) is 4. The first kappa shape index (κ1) is 23.9. The minimum Gasteiger partial charge on any atom is -0.508 e. The molecule has 0 unspecified atom stereocenters. The van der Waals surface area contributed by atoms with Crippen molar-refractivity contribution in [2.45, 2.75) is 24.4 Å². The van der Waals surface area contributed by atoms with Crippen LogP contribution in [0.1, 0.15) is 32.6 Å². The molecule has 0 saturated carbocycles. The van der Waals surface area contributed by atoms with Crippen LogP contribution in [0.5, 0.6) is 5.75 Å². The Morgan fingerprint density at radius 1 is 0.971 bits per heavy atom. The van der Waals surface area contributed by atoms with Crippen molar-refractivity contribution in [2.24, 2.45) is 0 Å². The van der Waals surface area contributed by atoms with Gasteiger partial charge >= 0.3 is 18.4 Å². The Kier molecular flexibility index (Phi) is 5.42. The number of amides is 4. The highest BCUT2D eigenvalue weighted by atomic mass is 19.4. The van der Waals surface area contributed by atoms with Crippen LogP contribution in [0.2, 0.25) is 0 Å². The summed E-state index contributed by atoms with van der Waals surface area (Å²) in [5.41, 5.74) is -5.44. The van der Waals surface area contributed by atoms with Gasteiger partial charge in [0.2, 0.25) is 5.54 Å². The minimum absolute atomic E-state index is 0.0389. The number of nitrogens with zero attached hydrogens (tertiary/aromatic N) is 1. The number of urea groups is 1. The van der Waals surface area contributed by atoms with Crippen molar-refractivity contribution >= 4 is 17.8 Å². The first-order valence-electron chi connectivity index (χ1n) is 9.75. The van der Waals surface area contributed by atoms with Crippen LogP contribution in [0.4, 0.5) is 31.1 Å². The van der Waals surface area contributed by atoms with Crippen molar-refractivity contribution in [3.05, 3.63) is 64.2 Å². The number of benzene rings is 2. The number of aromatic hydroxyl groups is 1. The molecular formula is C22H13F6N3O4. The van der Waals surface area contributed by atoms with Crippen LogP contribution in [0.15, 0.2) is 36.4 Å². The van der Waals surface area contributed by atoms with Crippen molar-refractivity contribution in [1.82, 2.24) is 15.5 Å². The van der Waals surface area contributed by atoms with Crippen LogP contribution in [-0.4, -0.2) is 39.9 Å². The van der Waals surface area contributed by atoms with E-state index in [4.69, 9.17) is 0 Å². The molecule has 0 aliphatic carbocycles. The summed E-state index contributed by atoms with van der Waals surface area (Å²) in [4.78, 5) is 38.2. The summed E-state index contributed by atoms with van der Waals surface area (Å²) in [5.74, 6) is 2.53. The van der Waals surface area contributed by atoms with Crippen LogP contribution < -0.4 is 10.6 Å². The molecule has 2 heterocycles. The molecule has 0 radical (unpaired) electrons. The number of nitrogens with one attached hydrogen (secondary N) is 2. The van der Waals surface area contributed by atoms with Gasteiger partial charge in [0.05, 0.1) is 17.7 Å². The number of carbonyl (C=O) groups excluding carboxylic acids is 3. The molecule has 3 N–H and O–H groups in total. The first-order chi connectivity index (χ1) is 16.2. The maximum Gasteiger partial charge on any atom is 0.416 e. The molecule has 4 amide bonds. The second kappa shape index (κ2) is 7.93. The van der Waals surface area contributed by atoms with Gasteiger partial charge in [-0.1, -0.05) is 17.9 Å². The van der Waals surface area contributed by atoms with E-state index in [2.05, 4.69) is 17.2 Å². The number of alkyl halides is 6. The molecule has 2 aromatic carbocycles. The molecule has 1 fully saturated rings. The molecule has 35 heavy (non-hydrogen) atoms. The fraction of sp³-hybridized carbons (Fsp3) is 0.227. The van der Waals surface area contributed by atoms with Gasteiger partial charge in [-0.3, -0.25) is 14.9 Å². The summed E-state index contributed by atoms with van der Waals surface area (Å²) in [6.07, 6.45) is -10.2. The van der Waals surface area contributed by atoms with Crippen LogP contribution in [0, 0.1) is 11.8 Å². The largest absolute Gasteiger partial charge is 0.508 e. The lowest BCUT2D eigenvalue weighted by molar-refractivity contribution is -0.143. The van der Waals surface area contributed by atoms with E-state index < -0.39 is 59.0 Å². The maximum absolute atomic E-state index is 13.1. The van der Waals surface area contributed by atoms with Gasteiger partial charge in [0, 0.05) is 17.7 Å². The summed E-state index contributed by atoms with van der Waals surface area (Å²) in [6, 6.07) is 3.68. The monoisotopic (exact) mass is 497 g/mol. The summed E-state index contributed by atoms with van der Waals surface area (Å²) in [6.45, 7) is -0.597. The average molecular weight is 497 g/mol. The molecule has 7 nitrogen and oxygen atoms in total. The maximum atomic E-state index is 13.1. The van der Waals surface area contributed by atoms with Crippen molar-refractivity contribution in [3.8, 4) is 17.6 Å². The molecule has 2 aromatic rings. The Labute approximate surface area is 192 Å². The van der Waals surface area contributed by atoms with E-state index >= 15 is 0 Å². The Balaban J connectivity index is 1.73. The number of carbonyl (C=O) groups is 3.